The van der Waals surface area contributed by atoms with Gasteiger partial charge in [-0.1, -0.05) is 27.7 Å². The number of hydroxylamine groups is 6. The van der Waals surface area contributed by atoms with Gasteiger partial charge in [0.1, 0.15) is 18.3 Å². The third-order valence-electron chi connectivity index (χ3n) is 12.9. The van der Waals surface area contributed by atoms with Gasteiger partial charge in [0.15, 0.2) is 0 Å². The van der Waals surface area contributed by atoms with E-state index in [0.29, 0.717) is 25.7 Å². The van der Waals surface area contributed by atoms with Gasteiger partial charge in [0.05, 0.1) is 30.8 Å². The molecule has 0 spiro atoms. The molecule has 4 aliphatic heterocycles. The Balaban J connectivity index is 0.00000961. The van der Waals surface area contributed by atoms with Gasteiger partial charge < -0.3 is 39.9 Å². The third-order valence-corrected chi connectivity index (χ3v) is 12.9. The Morgan fingerprint density at radius 1 is 0.450 bits per heavy atom. The third kappa shape index (κ3) is 12.7. The van der Waals surface area contributed by atoms with E-state index >= 15 is 0 Å². The molecule has 0 aromatic carbocycles. The summed E-state index contributed by atoms with van der Waals surface area (Å²) in [6, 6.07) is 0. The molecule has 2 unspecified atom stereocenters. The fourth-order valence-electron chi connectivity index (χ4n) is 11.1. The van der Waals surface area contributed by atoms with Crippen LogP contribution in [-0.2, 0) is 57.9 Å². The first-order valence-corrected chi connectivity index (χ1v) is 21.5. The monoisotopic (exact) mass is 1030 g/mol. The second kappa shape index (κ2) is 18.0. The average molecular weight is 1030 g/mol. The van der Waals surface area contributed by atoms with Crippen molar-refractivity contribution >= 4 is 23.9 Å². The SMILES string of the molecule is CC1(C)CC(OC(=O)CC(C(=O)OC2CC(C)(C)N(O)C(C)(C)C2)C(CC(=O)OC2CC(C)(C)N(O)C(C)(C)C2)C(=O)OC2CC(C)(C)N(O)C(C)(C)C2)CC(C)(C)[N-]1.[Os+]. The summed E-state index contributed by atoms with van der Waals surface area (Å²) in [5.41, 5.74) is -5.51. The minimum Gasteiger partial charge on any atom is -0.652 e. The van der Waals surface area contributed by atoms with Crippen molar-refractivity contribution in [2.24, 2.45) is 11.8 Å². The largest absolute Gasteiger partial charge is 1.00 e. The molecule has 15 nitrogen and oxygen atoms in total. The maximum absolute atomic E-state index is 14.7. The Kier molecular flexibility index (Phi) is 15.8. The average Bonchev–Trinajstić information content (AvgIpc) is 3.00. The standard InChI is InChI=1S/C44H77N4O11.Os/c1-37(2)19-27(20-38(3,4)45-37)56-33(49)17-31(35(51)58-29-23-41(9,10)47(54)42(11,12)24-29)32(36(52)59-30-25-43(13,14)48(55)44(15,16)26-30)18-34(50)57-28-21-39(5,6)46(53)40(7,8)22-28;/h27-32,53-55H,17-26H2,1-16H3;/q-1;+1. The first-order valence-electron chi connectivity index (χ1n) is 21.5. The normalized spacial score (nSPS) is 27.7. The van der Waals surface area contributed by atoms with Gasteiger partial charge in [0.25, 0.3) is 0 Å². The van der Waals surface area contributed by atoms with Gasteiger partial charge in [-0.15, -0.1) is 11.1 Å². The van der Waals surface area contributed by atoms with Crippen LogP contribution in [0.1, 0.15) is 175 Å². The molecular formula is C44H77N4O11Os. The second-order valence-electron chi connectivity index (χ2n) is 23.1. The number of carbonyl (C=O) groups is 4. The number of carbonyl (C=O) groups excluding carboxylic acids is 4. The van der Waals surface area contributed by atoms with Crippen LogP contribution in [0.25, 0.3) is 5.32 Å². The van der Waals surface area contributed by atoms with E-state index in [9.17, 15) is 34.8 Å². The van der Waals surface area contributed by atoms with Gasteiger partial charge in [0, 0.05) is 71.8 Å². The number of nitrogens with zero attached hydrogens (tertiary/aromatic N) is 4. The molecule has 4 rings (SSSR count). The Morgan fingerprint density at radius 2 is 0.667 bits per heavy atom. The molecule has 347 valence electrons. The number of hydrogen-bond acceptors (Lipinski definition) is 14. The van der Waals surface area contributed by atoms with Gasteiger partial charge in [-0.05, 0) is 95.9 Å². The molecule has 4 saturated heterocycles. The van der Waals surface area contributed by atoms with Crippen LogP contribution in [0.15, 0.2) is 0 Å². The summed E-state index contributed by atoms with van der Waals surface area (Å²) in [5, 5.41) is 41.5. The molecular weight excluding hydrogens is 951 g/mol. The van der Waals surface area contributed by atoms with E-state index in [1.807, 2.05) is 111 Å². The summed E-state index contributed by atoms with van der Waals surface area (Å²) in [5.74, 6) is -6.22. The summed E-state index contributed by atoms with van der Waals surface area (Å²) in [6.07, 6.45) is -1.06. The summed E-state index contributed by atoms with van der Waals surface area (Å²) in [6.45, 7) is 30.0. The van der Waals surface area contributed by atoms with Crippen molar-refractivity contribution < 1.29 is 73.5 Å². The zero-order valence-corrected chi connectivity index (χ0v) is 41.8. The van der Waals surface area contributed by atoms with Crippen LogP contribution in [-0.4, -0.2) is 123 Å². The number of piperidine rings is 4. The first-order chi connectivity index (χ1) is 26.5. The number of rotatable bonds is 11. The molecule has 0 aromatic heterocycles. The molecule has 4 heterocycles. The number of ether oxygens (including phenoxy) is 4. The van der Waals surface area contributed by atoms with Crippen LogP contribution in [0.5, 0.6) is 0 Å². The Bertz CT molecular complexity index is 1510. The molecule has 0 saturated carbocycles. The molecule has 0 amide bonds. The molecule has 0 aromatic rings. The smallest absolute Gasteiger partial charge is 0.652 e. The van der Waals surface area contributed by atoms with Crippen LogP contribution in [0.2, 0.25) is 0 Å². The van der Waals surface area contributed by atoms with Crippen LogP contribution >= 0.6 is 0 Å². The molecule has 0 aliphatic carbocycles. The molecule has 4 aliphatic rings. The Labute approximate surface area is 372 Å². The second-order valence-corrected chi connectivity index (χ2v) is 23.1. The predicted octanol–water partition coefficient (Wildman–Crippen LogP) is 7.50. The van der Waals surface area contributed by atoms with Gasteiger partial charge >= 0.3 is 43.7 Å². The van der Waals surface area contributed by atoms with Gasteiger partial charge in [0.2, 0.25) is 0 Å². The van der Waals surface area contributed by atoms with Crippen molar-refractivity contribution in [2.75, 3.05) is 0 Å². The predicted molar refractivity (Wildman–Crippen MR) is 220 cm³/mol. The van der Waals surface area contributed by atoms with Crippen molar-refractivity contribution in [3.05, 3.63) is 5.32 Å². The molecule has 2 atom stereocenters. The van der Waals surface area contributed by atoms with Crippen LogP contribution < -0.4 is 0 Å². The van der Waals surface area contributed by atoms with E-state index in [1.165, 1.54) is 15.2 Å². The van der Waals surface area contributed by atoms with E-state index in [4.69, 9.17) is 24.3 Å². The number of hydrogen-bond donors (Lipinski definition) is 3. The summed E-state index contributed by atoms with van der Waals surface area (Å²) >= 11 is 0. The minimum absolute atomic E-state index is 0. The zero-order chi connectivity index (χ0) is 45.1. The quantitative estimate of drug-likeness (QED) is 0.136. The van der Waals surface area contributed by atoms with Crippen LogP contribution in [0, 0.1) is 11.8 Å². The fraction of sp³-hybridized carbons (Fsp3) is 0.909. The van der Waals surface area contributed by atoms with Crippen molar-refractivity contribution in [2.45, 2.75) is 244 Å². The molecule has 0 bridgehead atoms. The summed E-state index contributed by atoms with van der Waals surface area (Å²) < 4.78 is 24.5. The molecule has 4 fully saturated rings. The van der Waals surface area contributed by atoms with Crippen LogP contribution in [0.3, 0.4) is 0 Å². The summed E-state index contributed by atoms with van der Waals surface area (Å²) in [7, 11) is 0. The first kappa shape index (κ1) is 52.6. The molecule has 1 radical (unpaired) electrons. The maximum atomic E-state index is 14.7. The van der Waals surface area contributed by atoms with Gasteiger partial charge in [-0.2, -0.15) is 15.2 Å². The van der Waals surface area contributed by atoms with Crippen molar-refractivity contribution in [3.63, 3.8) is 0 Å². The topological polar surface area (TPSA) is 190 Å². The Morgan fingerprint density at radius 3 is 0.917 bits per heavy atom. The van der Waals surface area contributed by atoms with E-state index in [2.05, 4.69) is 0 Å². The van der Waals surface area contributed by atoms with E-state index in [0.717, 1.165) is 0 Å². The molecule has 3 N–H and O–H groups in total. The van der Waals surface area contributed by atoms with Gasteiger partial charge in [-0.25, -0.2) is 0 Å². The molecule has 16 heteroatoms. The van der Waals surface area contributed by atoms with Crippen molar-refractivity contribution in [3.8, 4) is 0 Å². The maximum Gasteiger partial charge on any atom is 1.00 e. The van der Waals surface area contributed by atoms with E-state index in [1.54, 1.807) is 0 Å². The summed E-state index contributed by atoms with van der Waals surface area (Å²) in [4.78, 5) is 57.5. The fourth-order valence-corrected chi connectivity index (χ4v) is 11.1. The zero-order valence-electron chi connectivity index (χ0n) is 39.3. The van der Waals surface area contributed by atoms with Crippen molar-refractivity contribution in [1.82, 2.24) is 15.2 Å². The van der Waals surface area contributed by atoms with Crippen molar-refractivity contribution in [1.29, 1.82) is 0 Å². The molecule has 60 heavy (non-hydrogen) atoms. The number of esters is 4. The Hall–Kier alpha value is -1.76. The van der Waals surface area contributed by atoms with Crippen LogP contribution in [0.4, 0.5) is 0 Å². The van der Waals surface area contributed by atoms with E-state index < -0.39 is 117 Å². The van der Waals surface area contributed by atoms with E-state index in [-0.39, 0.29) is 45.5 Å². The van der Waals surface area contributed by atoms with Gasteiger partial charge in [-0.3, -0.25) is 19.2 Å². The minimum atomic E-state index is -1.51.